The van der Waals surface area contributed by atoms with Gasteiger partial charge in [0, 0.05) is 25.3 Å². The molecule has 3 heterocycles. The van der Waals surface area contributed by atoms with E-state index in [1.807, 2.05) is 4.90 Å². The van der Waals surface area contributed by atoms with Gasteiger partial charge < -0.3 is 14.5 Å². The van der Waals surface area contributed by atoms with E-state index in [1.165, 1.54) is 0 Å². The van der Waals surface area contributed by atoms with E-state index in [0.717, 1.165) is 43.7 Å². The first-order valence-electron chi connectivity index (χ1n) is 8.24. The second-order valence-corrected chi connectivity index (χ2v) is 6.46. The van der Waals surface area contributed by atoms with E-state index in [9.17, 15) is 4.79 Å². The zero-order chi connectivity index (χ0) is 15.5. The maximum absolute atomic E-state index is 12.5. The second-order valence-electron chi connectivity index (χ2n) is 6.46. The Morgan fingerprint density at radius 1 is 1.55 bits per heavy atom. The summed E-state index contributed by atoms with van der Waals surface area (Å²) in [4.78, 5) is 21.9. The summed E-state index contributed by atoms with van der Waals surface area (Å²) in [6.45, 7) is 6.02. The molecule has 1 aromatic rings. The third kappa shape index (κ3) is 3.11. The van der Waals surface area contributed by atoms with Gasteiger partial charge in [-0.3, -0.25) is 4.90 Å². The molecule has 0 spiro atoms. The van der Waals surface area contributed by atoms with Gasteiger partial charge in [-0.2, -0.15) is 0 Å². The fourth-order valence-electron chi connectivity index (χ4n) is 3.37. The summed E-state index contributed by atoms with van der Waals surface area (Å²) in [6, 6.07) is -0.0187. The molecule has 1 aromatic heterocycles. The molecule has 2 atom stereocenters. The number of ether oxygens (including phenoxy) is 2. The Hall–Kier alpha value is -1.56. The van der Waals surface area contributed by atoms with E-state index in [4.69, 9.17) is 9.47 Å². The van der Waals surface area contributed by atoms with Crippen LogP contribution in [0, 0.1) is 5.92 Å². The van der Waals surface area contributed by atoms with Crippen molar-refractivity contribution < 1.29 is 14.3 Å². The van der Waals surface area contributed by atoms with E-state index in [-0.39, 0.29) is 18.2 Å². The summed E-state index contributed by atoms with van der Waals surface area (Å²) >= 11 is 0. The van der Waals surface area contributed by atoms with Crippen LogP contribution in [0.1, 0.15) is 50.5 Å². The highest BCUT2D eigenvalue weighted by Gasteiger charge is 2.36. The molecule has 0 aliphatic carbocycles. The first-order valence-corrected chi connectivity index (χ1v) is 8.24. The maximum atomic E-state index is 12.5. The van der Waals surface area contributed by atoms with Crippen LogP contribution in [0.2, 0.25) is 0 Å². The maximum Gasteiger partial charge on any atom is 0.410 e. The van der Waals surface area contributed by atoms with Gasteiger partial charge in [0.1, 0.15) is 6.61 Å². The van der Waals surface area contributed by atoms with Gasteiger partial charge in [-0.15, -0.1) is 0 Å². The van der Waals surface area contributed by atoms with Crippen molar-refractivity contribution >= 4 is 6.09 Å². The standard InChI is InChI=1S/C16H25N3O3/c1-11(2)15-14-13(17-10-18-14)6-7-19(15)16(20)22-9-12-5-3-4-8-21-12/h10-12,15H,3-9H2,1-2H3,(H,17,18). The van der Waals surface area contributed by atoms with Crippen LogP contribution in [0.15, 0.2) is 6.33 Å². The molecule has 0 saturated carbocycles. The second kappa shape index (κ2) is 6.69. The molecule has 0 aromatic carbocycles. The number of carbonyl (C=O) groups excluding carboxylic acids is 1. The highest BCUT2D eigenvalue weighted by Crippen LogP contribution is 2.33. The number of hydrogen-bond acceptors (Lipinski definition) is 4. The van der Waals surface area contributed by atoms with Crippen molar-refractivity contribution in [3.63, 3.8) is 0 Å². The molecule has 2 unspecified atom stereocenters. The van der Waals surface area contributed by atoms with Gasteiger partial charge in [0.2, 0.25) is 0 Å². The van der Waals surface area contributed by atoms with Crippen LogP contribution in [0.25, 0.3) is 0 Å². The summed E-state index contributed by atoms with van der Waals surface area (Å²) in [6.07, 6.45) is 5.55. The molecule has 1 saturated heterocycles. The number of carbonyl (C=O) groups is 1. The molecule has 2 aliphatic rings. The first kappa shape index (κ1) is 15.3. The fraction of sp³-hybridized carbons (Fsp3) is 0.750. The number of imidazole rings is 1. The first-order chi connectivity index (χ1) is 10.7. The Labute approximate surface area is 131 Å². The molecule has 0 radical (unpaired) electrons. The number of aromatic amines is 1. The van der Waals surface area contributed by atoms with Gasteiger partial charge in [-0.25, -0.2) is 9.78 Å². The highest BCUT2D eigenvalue weighted by molar-refractivity contribution is 5.68. The monoisotopic (exact) mass is 307 g/mol. The Morgan fingerprint density at radius 3 is 3.14 bits per heavy atom. The van der Waals surface area contributed by atoms with Crippen LogP contribution in [0.5, 0.6) is 0 Å². The average molecular weight is 307 g/mol. The van der Waals surface area contributed by atoms with Crippen LogP contribution in [0.3, 0.4) is 0 Å². The smallest absolute Gasteiger partial charge is 0.410 e. The number of nitrogens with one attached hydrogen (secondary N) is 1. The lowest BCUT2D eigenvalue weighted by atomic mass is 9.94. The lowest BCUT2D eigenvalue weighted by Gasteiger charge is -2.36. The van der Waals surface area contributed by atoms with Crippen LogP contribution >= 0.6 is 0 Å². The van der Waals surface area contributed by atoms with Crippen LogP contribution < -0.4 is 0 Å². The van der Waals surface area contributed by atoms with E-state index in [0.29, 0.717) is 19.1 Å². The molecule has 1 amide bonds. The molecule has 22 heavy (non-hydrogen) atoms. The van der Waals surface area contributed by atoms with Gasteiger partial charge >= 0.3 is 6.09 Å². The number of fused-ring (bicyclic) bond motifs is 1. The van der Waals surface area contributed by atoms with Gasteiger partial charge in [0.15, 0.2) is 0 Å². The number of amides is 1. The number of aromatic nitrogens is 2. The van der Waals surface area contributed by atoms with Gasteiger partial charge in [0.05, 0.1) is 24.2 Å². The number of H-pyrrole nitrogens is 1. The minimum atomic E-state index is -0.249. The SMILES string of the molecule is CC(C)C1c2nc[nH]c2CCN1C(=O)OCC1CCCCO1. The quantitative estimate of drug-likeness (QED) is 0.932. The number of nitrogens with zero attached hydrogens (tertiary/aromatic N) is 2. The normalized spacial score (nSPS) is 25.1. The minimum Gasteiger partial charge on any atom is -0.447 e. The molecule has 3 rings (SSSR count). The summed E-state index contributed by atoms with van der Waals surface area (Å²) in [7, 11) is 0. The average Bonchev–Trinajstić information content (AvgIpc) is 3.00. The third-order valence-corrected chi connectivity index (χ3v) is 4.50. The molecular formula is C16H25N3O3. The molecule has 2 aliphatic heterocycles. The summed E-state index contributed by atoms with van der Waals surface area (Å²) in [5, 5.41) is 0. The van der Waals surface area contributed by atoms with Crippen molar-refractivity contribution in [2.45, 2.75) is 51.7 Å². The number of rotatable bonds is 3. The molecule has 0 bridgehead atoms. The molecule has 1 N–H and O–H groups in total. The molecule has 1 fully saturated rings. The molecule has 6 heteroatoms. The van der Waals surface area contributed by atoms with Gasteiger partial charge in [-0.1, -0.05) is 13.8 Å². The Kier molecular flexibility index (Phi) is 4.66. The van der Waals surface area contributed by atoms with Crippen molar-refractivity contribution in [2.24, 2.45) is 5.92 Å². The molecular weight excluding hydrogens is 282 g/mol. The van der Waals surface area contributed by atoms with Crippen molar-refractivity contribution in [3.05, 3.63) is 17.7 Å². The number of hydrogen-bond donors (Lipinski definition) is 1. The van der Waals surface area contributed by atoms with Crippen LogP contribution in [0.4, 0.5) is 4.79 Å². The van der Waals surface area contributed by atoms with E-state index in [2.05, 4.69) is 23.8 Å². The Balaban J connectivity index is 1.63. The Bertz CT molecular complexity index is 508. The van der Waals surface area contributed by atoms with Crippen molar-refractivity contribution in [2.75, 3.05) is 19.8 Å². The van der Waals surface area contributed by atoms with E-state index >= 15 is 0 Å². The highest BCUT2D eigenvalue weighted by atomic mass is 16.6. The van der Waals surface area contributed by atoms with Crippen molar-refractivity contribution in [1.82, 2.24) is 14.9 Å². The van der Waals surface area contributed by atoms with E-state index in [1.54, 1.807) is 6.33 Å². The zero-order valence-electron chi connectivity index (χ0n) is 13.4. The summed E-state index contributed by atoms with van der Waals surface area (Å²) in [5.41, 5.74) is 2.12. The van der Waals surface area contributed by atoms with Gasteiger partial charge in [-0.05, 0) is 25.2 Å². The lowest BCUT2D eigenvalue weighted by Crippen LogP contribution is -2.43. The van der Waals surface area contributed by atoms with Gasteiger partial charge in [0.25, 0.3) is 0 Å². The predicted octanol–water partition coefficient (Wildman–Crippen LogP) is 2.67. The third-order valence-electron chi connectivity index (χ3n) is 4.50. The van der Waals surface area contributed by atoms with Crippen molar-refractivity contribution in [3.8, 4) is 0 Å². The molecule has 122 valence electrons. The predicted molar refractivity (Wildman–Crippen MR) is 81.5 cm³/mol. The summed E-state index contributed by atoms with van der Waals surface area (Å²) in [5.74, 6) is 0.292. The zero-order valence-corrected chi connectivity index (χ0v) is 13.4. The van der Waals surface area contributed by atoms with Crippen LogP contribution in [-0.2, 0) is 15.9 Å². The Morgan fingerprint density at radius 2 is 2.41 bits per heavy atom. The molecule has 6 nitrogen and oxygen atoms in total. The lowest BCUT2D eigenvalue weighted by molar-refractivity contribution is -0.0317. The van der Waals surface area contributed by atoms with Crippen LogP contribution in [-0.4, -0.2) is 46.8 Å². The van der Waals surface area contributed by atoms with Crippen molar-refractivity contribution in [1.29, 1.82) is 0 Å². The topological polar surface area (TPSA) is 67.5 Å². The summed E-state index contributed by atoms with van der Waals surface area (Å²) < 4.78 is 11.1. The minimum absolute atomic E-state index is 0.0187. The van der Waals surface area contributed by atoms with E-state index < -0.39 is 0 Å². The fourth-order valence-corrected chi connectivity index (χ4v) is 3.37. The largest absolute Gasteiger partial charge is 0.447 e.